The van der Waals surface area contributed by atoms with E-state index in [0.717, 1.165) is 11.3 Å². The van der Waals surface area contributed by atoms with Crippen LogP contribution in [-0.2, 0) is 10.0 Å². The van der Waals surface area contributed by atoms with E-state index in [4.69, 9.17) is 4.74 Å². The highest BCUT2D eigenvalue weighted by Crippen LogP contribution is 2.24. The predicted molar refractivity (Wildman–Crippen MR) is 76.0 cm³/mol. The fourth-order valence-electron chi connectivity index (χ4n) is 1.73. The fraction of sp³-hybridized carbons (Fsp3) is 0.231. The van der Waals surface area contributed by atoms with Crippen LogP contribution in [-0.4, -0.2) is 15.5 Å². The van der Waals surface area contributed by atoms with E-state index in [9.17, 15) is 12.8 Å². The molecular formula is C13H14FNO3S2. The van der Waals surface area contributed by atoms with Gasteiger partial charge < -0.3 is 4.74 Å². The molecule has 0 saturated heterocycles. The standard InChI is InChI=1S/C13H14FNO3S2/c1-9(10-5-6-12(18-2)11(14)8-10)15-20(16,17)13-4-3-7-19-13/h3-9,15H,1-2H3. The third-order valence-corrected chi connectivity index (χ3v) is 5.71. The van der Waals surface area contributed by atoms with Crippen molar-refractivity contribution in [2.45, 2.75) is 17.2 Å². The normalized spacial score (nSPS) is 13.2. The molecule has 0 fully saturated rings. The van der Waals surface area contributed by atoms with Crippen LogP contribution in [0.2, 0.25) is 0 Å². The molecule has 7 heteroatoms. The zero-order valence-corrected chi connectivity index (χ0v) is 12.6. The predicted octanol–water partition coefficient (Wildman–Crippen LogP) is 2.94. The molecule has 0 radical (unpaired) electrons. The molecule has 20 heavy (non-hydrogen) atoms. The molecule has 0 spiro atoms. The molecule has 0 aliphatic heterocycles. The molecule has 1 unspecified atom stereocenters. The van der Waals surface area contributed by atoms with Gasteiger partial charge in [0.25, 0.3) is 10.0 Å². The van der Waals surface area contributed by atoms with Crippen LogP contribution in [0.5, 0.6) is 5.75 Å². The average molecular weight is 315 g/mol. The number of rotatable bonds is 5. The molecule has 0 aliphatic rings. The lowest BCUT2D eigenvalue weighted by molar-refractivity contribution is 0.386. The van der Waals surface area contributed by atoms with Crippen LogP contribution >= 0.6 is 11.3 Å². The first-order chi connectivity index (χ1) is 9.44. The molecule has 1 heterocycles. The quantitative estimate of drug-likeness (QED) is 0.923. The fourth-order valence-corrected chi connectivity index (χ4v) is 3.97. The Kier molecular flexibility index (Phi) is 4.42. The van der Waals surface area contributed by atoms with E-state index >= 15 is 0 Å². The van der Waals surface area contributed by atoms with Crippen LogP contribution in [0.15, 0.2) is 39.9 Å². The Morgan fingerprint density at radius 2 is 2.10 bits per heavy atom. The van der Waals surface area contributed by atoms with Crippen LogP contribution < -0.4 is 9.46 Å². The van der Waals surface area contributed by atoms with E-state index in [1.165, 1.54) is 25.3 Å². The van der Waals surface area contributed by atoms with Crippen molar-refractivity contribution in [1.29, 1.82) is 0 Å². The molecule has 0 aliphatic carbocycles. The van der Waals surface area contributed by atoms with Crippen LogP contribution in [0.1, 0.15) is 18.5 Å². The number of halogens is 1. The molecule has 1 N–H and O–H groups in total. The molecule has 2 rings (SSSR count). The second kappa shape index (κ2) is 5.90. The van der Waals surface area contributed by atoms with Crippen molar-refractivity contribution in [3.63, 3.8) is 0 Å². The molecule has 1 aromatic heterocycles. The number of thiophene rings is 1. The van der Waals surface area contributed by atoms with Gasteiger partial charge in [-0.15, -0.1) is 11.3 Å². The number of methoxy groups -OCH3 is 1. The number of ether oxygens (including phenoxy) is 1. The molecule has 2 aromatic rings. The summed E-state index contributed by atoms with van der Waals surface area (Å²) in [6, 6.07) is 7.01. The Balaban J connectivity index is 2.20. The minimum Gasteiger partial charge on any atom is -0.494 e. The molecule has 0 saturated carbocycles. The van der Waals surface area contributed by atoms with E-state index in [0.29, 0.717) is 5.56 Å². The maximum atomic E-state index is 13.6. The highest BCUT2D eigenvalue weighted by atomic mass is 32.2. The number of sulfonamides is 1. The van der Waals surface area contributed by atoms with E-state index < -0.39 is 21.9 Å². The van der Waals surface area contributed by atoms with Crippen molar-refractivity contribution in [2.24, 2.45) is 0 Å². The Morgan fingerprint density at radius 3 is 2.65 bits per heavy atom. The highest BCUT2D eigenvalue weighted by Gasteiger charge is 2.19. The third kappa shape index (κ3) is 3.17. The van der Waals surface area contributed by atoms with Crippen molar-refractivity contribution in [1.82, 2.24) is 4.72 Å². The summed E-state index contributed by atoms with van der Waals surface area (Å²) in [6.45, 7) is 1.66. The van der Waals surface area contributed by atoms with Crippen LogP contribution in [0.3, 0.4) is 0 Å². The van der Waals surface area contributed by atoms with Crippen LogP contribution in [0, 0.1) is 5.82 Å². The van der Waals surface area contributed by atoms with E-state index in [1.807, 2.05) is 0 Å². The second-order valence-electron chi connectivity index (χ2n) is 4.17. The minimum absolute atomic E-state index is 0.127. The zero-order valence-electron chi connectivity index (χ0n) is 11.0. The lowest BCUT2D eigenvalue weighted by atomic mass is 10.1. The average Bonchev–Trinajstić information content (AvgIpc) is 2.92. The molecule has 1 atom stereocenters. The Labute approximate surface area is 121 Å². The van der Waals surface area contributed by atoms with E-state index in [2.05, 4.69) is 4.72 Å². The number of hydrogen-bond acceptors (Lipinski definition) is 4. The Morgan fingerprint density at radius 1 is 1.35 bits per heavy atom. The van der Waals surface area contributed by atoms with Gasteiger partial charge in [-0.05, 0) is 36.1 Å². The van der Waals surface area contributed by atoms with Gasteiger partial charge in [0.1, 0.15) is 4.21 Å². The van der Waals surface area contributed by atoms with Gasteiger partial charge in [0.2, 0.25) is 0 Å². The van der Waals surface area contributed by atoms with E-state index in [-0.39, 0.29) is 9.96 Å². The molecular weight excluding hydrogens is 301 g/mol. The largest absolute Gasteiger partial charge is 0.494 e. The summed E-state index contributed by atoms with van der Waals surface area (Å²) in [5, 5.41) is 1.69. The van der Waals surface area contributed by atoms with Gasteiger partial charge in [0.05, 0.1) is 7.11 Å². The lowest BCUT2D eigenvalue weighted by Crippen LogP contribution is -2.26. The summed E-state index contributed by atoms with van der Waals surface area (Å²) in [5.74, 6) is -0.394. The molecule has 108 valence electrons. The number of benzene rings is 1. The van der Waals surface area contributed by atoms with Crippen molar-refractivity contribution < 1.29 is 17.5 Å². The van der Waals surface area contributed by atoms with Gasteiger partial charge in [0, 0.05) is 6.04 Å². The van der Waals surface area contributed by atoms with Crippen LogP contribution in [0.25, 0.3) is 0 Å². The summed E-state index contributed by atoms with van der Waals surface area (Å²) in [7, 11) is -2.20. The lowest BCUT2D eigenvalue weighted by Gasteiger charge is -2.14. The number of nitrogens with one attached hydrogen (secondary N) is 1. The molecule has 0 bridgehead atoms. The van der Waals surface area contributed by atoms with Gasteiger partial charge in [-0.25, -0.2) is 17.5 Å². The van der Waals surface area contributed by atoms with Gasteiger partial charge in [-0.2, -0.15) is 0 Å². The van der Waals surface area contributed by atoms with Crippen molar-refractivity contribution >= 4 is 21.4 Å². The summed E-state index contributed by atoms with van der Waals surface area (Å²) in [6.07, 6.45) is 0. The third-order valence-electron chi connectivity index (χ3n) is 2.77. The van der Waals surface area contributed by atoms with Crippen LogP contribution in [0.4, 0.5) is 4.39 Å². The first kappa shape index (κ1) is 15.0. The Bertz CT molecular complexity index is 684. The maximum Gasteiger partial charge on any atom is 0.250 e. The monoisotopic (exact) mass is 315 g/mol. The molecule has 4 nitrogen and oxygen atoms in total. The topological polar surface area (TPSA) is 55.4 Å². The molecule has 0 amide bonds. The number of hydrogen-bond donors (Lipinski definition) is 1. The Hall–Kier alpha value is -1.44. The first-order valence-corrected chi connectivity index (χ1v) is 8.19. The van der Waals surface area contributed by atoms with E-state index in [1.54, 1.807) is 24.4 Å². The summed E-state index contributed by atoms with van der Waals surface area (Å²) in [4.78, 5) is 0. The van der Waals surface area contributed by atoms with Crippen molar-refractivity contribution in [2.75, 3.05) is 7.11 Å². The molecule has 1 aromatic carbocycles. The highest BCUT2D eigenvalue weighted by molar-refractivity contribution is 7.91. The SMILES string of the molecule is COc1ccc(C(C)NS(=O)(=O)c2cccs2)cc1F. The van der Waals surface area contributed by atoms with Gasteiger partial charge in [0.15, 0.2) is 11.6 Å². The minimum atomic E-state index is -3.58. The zero-order chi connectivity index (χ0) is 14.8. The summed E-state index contributed by atoms with van der Waals surface area (Å²) < 4.78 is 45.3. The van der Waals surface area contributed by atoms with Gasteiger partial charge in [-0.1, -0.05) is 12.1 Å². The maximum absolute atomic E-state index is 13.6. The summed E-state index contributed by atoms with van der Waals surface area (Å²) in [5.41, 5.74) is 0.531. The first-order valence-electron chi connectivity index (χ1n) is 5.83. The van der Waals surface area contributed by atoms with Gasteiger partial charge >= 0.3 is 0 Å². The van der Waals surface area contributed by atoms with Crippen molar-refractivity contribution in [3.05, 3.63) is 47.1 Å². The smallest absolute Gasteiger partial charge is 0.250 e. The van der Waals surface area contributed by atoms with Crippen molar-refractivity contribution in [3.8, 4) is 5.75 Å². The van der Waals surface area contributed by atoms with Gasteiger partial charge in [-0.3, -0.25) is 0 Å². The summed E-state index contributed by atoms with van der Waals surface area (Å²) >= 11 is 1.13. The second-order valence-corrected chi connectivity index (χ2v) is 7.06.